The van der Waals surface area contributed by atoms with Gasteiger partial charge in [0.25, 0.3) is 0 Å². The zero-order valence-corrected chi connectivity index (χ0v) is 9.85. The summed E-state index contributed by atoms with van der Waals surface area (Å²) in [6.45, 7) is 0. The molecule has 0 bridgehead atoms. The molecule has 3 nitrogen and oxygen atoms in total. The van der Waals surface area contributed by atoms with Crippen molar-refractivity contribution in [2.24, 2.45) is 0 Å². The zero-order chi connectivity index (χ0) is 10.8. The average Bonchev–Trinajstić information content (AvgIpc) is 2.95. The Bertz CT molecular complexity index is 556. The summed E-state index contributed by atoms with van der Waals surface area (Å²) in [5, 5.41) is 0. The van der Waals surface area contributed by atoms with Crippen molar-refractivity contribution in [3.63, 3.8) is 0 Å². The third-order valence-electron chi connectivity index (χ3n) is 2.03. The summed E-state index contributed by atoms with van der Waals surface area (Å²) < 4.78 is 10.5. The summed E-state index contributed by atoms with van der Waals surface area (Å²) in [5.41, 5.74) is 1.04. The van der Waals surface area contributed by atoms with Crippen LogP contribution in [0.5, 0.6) is 0 Å². The first-order valence-electron chi connectivity index (χ1n) is 4.74. The molecule has 1 aromatic carbocycles. The summed E-state index contributed by atoms with van der Waals surface area (Å²) in [5.74, 6) is 0.740. The molecule has 0 amide bonds. The van der Waals surface area contributed by atoms with E-state index < -0.39 is 0 Å². The topological polar surface area (TPSA) is 38.1 Å². The highest BCUT2D eigenvalue weighted by Gasteiger charge is 2.04. The van der Waals surface area contributed by atoms with Crippen molar-refractivity contribution in [2.45, 2.75) is 4.34 Å². The lowest BCUT2D eigenvalue weighted by Gasteiger charge is -1.95. The Morgan fingerprint density at radius 3 is 2.94 bits per heavy atom. The van der Waals surface area contributed by atoms with Crippen LogP contribution >= 0.6 is 23.3 Å². The number of para-hydroxylation sites is 1. The number of thiazole rings is 1. The molecule has 80 valence electrons. The van der Waals surface area contributed by atoms with E-state index in [1.807, 2.05) is 30.3 Å². The maximum absolute atomic E-state index is 5.17. The minimum Gasteiger partial charge on any atom is -0.448 e. The minimum absolute atomic E-state index is 0.740. The van der Waals surface area contributed by atoms with Gasteiger partial charge in [0.05, 0.1) is 16.5 Å². The Labute approximate surface area is 101 Å². The van der Waals surface area contributed by atoms with Crippen molar-refractivity contribution in [3.8, 4) is 0 Å². The Morgan fingerprint density at radius 1 is 1.19 bits per heavy atom. The number of rotatable bonds is 3. The number of furan rings is 1. The minimum atomic E-state index is 0.740. The predicted molar refractivity (Wildman–Crippen MR) is 67.8 cm³/mol. The molecule has 16 heavy (non-hydrogen) atoms. The van der Waals surface area contributed by atoms with E-state index in [0.29, 0.717) is 0 Å². The van der Waals surface area contributed by atoms with Gasteiger partial charge in [0.2, 0.25) is 5.88 Å². The lowest BCUT2D eigenvalue weighted by atomic mass is 10.3. The molecule has 5 heteroatoms. The van der Waals surface area contributed by atoms with Gasteiger partial charge in [-0.05, 0) is 18.2 Å². The van der Waals surface area contributed by atoms with Crippen LogP contribution in [0.3, 0.4) is 0 Å². The Morgan fingerprint density at radius 2 is 2.12 bits per heavy atom. The standard InChI is InChI=1S/C11H8N2OS2/c1-2-5-9-8(4-1)12-11(15-9)16-13-10-6-3-7-14-10/h1-7,13H. The summed E-state index contributed by atoms with van der Waals surface area (Å²) in [7, 11) is 0. The van der Waals surface area contributed by atoms with Crippen molar-refractivity contribution in [1.29, 1.82) is 0 Å². The molecule has 0 fully saturated rings. The van der Waals surface area contributed by atoms with E-state index in [0.717, 1.165) is 15.7 Å². The Balaban J connectivity index is 1.79. The smallest absolute Gasteiger partial charge is 0.202 e. The van der Waals surface area contributed by atoms with E-state index in [9.17, 15) is 0 Å². The van der Waals surface area contributed by atoms with Gasteiger partial charge >= 0.3 is 0 Å². The molecule has 0 saturated carbocycles. The second kappa shape index (κ2) is 4.19. The maximum Gasteiger partial charge on any atom is 0.202 e. The quantitative estimate of drug-likeness (QED) is 0.711. The normalized spacial score (nSPS) is 10.8. The van der Waals surface area contributed by atoms with Gasteiger partial charge < -0.3 is 4.42 Å². The van der Waals surface area contributed by atoms with Crippen LogP contribution < -0.4 is 4.72 Å². The number of hydrogen-bond donors (Lipinski definition) is 1. The lowest BCUT2D eigenvalue weighted by molar-refractivity contribution is 0.588. The second-order valence-corrected chi connectivity index (χ2v) is 5.21. The van der Waals surface area contributed by atoms with Gasteiger partial charge in [-0.1, -0.05) is 12.1 Å². The fourth-order valence-electron chi connectivity index (χ4n) is 1.33. The van der Waals surface area contributed by atoms with E-state index in [1.54, 1.807) is 17.6 Å². The molecule has 3 aromatic rings. The van der Waals surface area contributed by atoms with E-state index >= 15 is 0 Å². The molecular formula is C11H8N2OS2. The molecule has 2 aromatic heterocycles. The molecule has 3 rings (SSSR count). The average molecular weight is 248 g/mol. The third-order valence-corrected chi connectivity index (χ3v) is 3.93. The van der Waals surface area contributed by atoms with E-state index in [2.05, 4.69) is 15.8 Å². The molecule has 0 aliphatic carbocycles. The molecule has 0 unspecified atom stereocenters. The fourth-order valence-corrected chi connectivity index (χ4v) is 3.03. The van der Waals surface area contributed by atoms with Gasteiger partial charge in [0.15, 0.2) is 4.34 Å². The van der Waals surface area contributed by atoms with Crippen LogP contribution in [-0.4, -0.2) is 4.98 Å². The van der Waals surface area contributed by atoms with Gasteiger partial charge in [0, 0.05) is 18.0 Å². The van der Waals surface area contributed by atoms with E-state index in [1.165, 1.54) is 16.6 Å². The SMILES string of the molecule is c1coc(NSc2nc3ccccc3s2)c1. The summed E-state index contributed by atoms with van der Waals surface area (Å²) in [6, 6.07) is 11.8. The number of nitrogens with one attached hydrogen (secondary N) is 1. The van der Waals surface area contributed by atoms with Gasteiger partial charge in [-0.2, -0.15) is 0 Å². The van der Waals surface area contributed by atoms with E-state index in [4.69, 9.17) is 4.42 Å². The monoisotopic (exact) mass is 248 g/mol. The first-order valence-corrected chi connectivity index (χ1v) is 6.37. The maximum atomic E-state index is 5.17. The van der Waals surface area contributed by atoms with Crippen LogP contribution in [0.4, 0.5) is 5.88 Å². The molecule has 1 N–H and O–H groups in total. The van der Waals surface area contributed by atoms with Crippen LogP contribution in [0.25, 0.3) is 10.2 Å². The number of anilines is 1. The second-order valence-electron chi connectivity index (χ2n) is 3.13. The van der Waals surface area contributed by atoms with Gasteiger partial charge in [-0.25, -0.2) is 4.98 Å². The summed E-state index contributed by atoms with van der Waals surface area (Å²) in [6.07, 6.45) is 1.64. The molecule has 2 heterocycles. The number of benzene rings is 1. The summed E-state index contributed by atoms with van der Waals surface area (Å²) >= 11 is 3.13. The molecular weight excluding hydrogens is 240 g/mol. The molecule has 0 spiro atoms. The van der Waals surface area contributed by atoms with Crippen LogP contribution in [0.2, 0.25) is 0 Å². The number of aromatic nitrogens is 1. The van der Waals surface area contributed by atoms with Gasteiger partial charge in [-0.15, -0.1) is 11.3 Å². The highest BCUT2D eigenvalue weighted by Crippen LogP contribution is 2.29. The van der Waals surface area contributed by atoms with Crippen molar-refractivity contribution >= 4 is 39.4 Å². The first-order chi connectivity index (χ1) is 7.92. The van der Waals surface area contributed by atoms with Gasteiger partial charge in [-0.3, -0.25) is 4.72 Å². The molecule has 0 atom stereocenters. The highest BCUT2D eigenvalue weighted by atomic mass is 32.2. The molecule has 0 aliphatic heterocycles. The van der Waals surface area contributed by atoms with E-state index in [-0.39, 0.29) is 0 Å². The predicted octanol–water partition coefficient (Wildman–Crippen LogP) is 4.01. The summed E-state index contributed by atoms with van der Waals surface area (Å²) in [4.78, 5) is 4.49. The lowest BCUT2D eigenvalue weighted by Crippen LogP contribution is -1.82. The largest absolute Gasteiger partial charge is 0.448 e. The Hall–Kier alpha value is -1.46. The van der Waals surface area contributed by atoms with Gasteiger partial charge in [0.1, 0.15) is 0 Å². The van der Waals surface area contributed by atoms with Crippen LogP contribution in [0, 0.1) is 0 Å². The van der Waals surface area contributed by atoms with Crippen molar-refractivity contribution < 1.29 is 4.42 Å². The molecule has 0 radical (unpaired) electrons. The highest BCUT2D eigenvalue weighted by molar-refractivity contribution is 8.02. The number of nitrogens with zero attached hydrogens (tertiary/aromatic N) is 1. The number of fused-ring (bicyclic) bond motifs is 1. The Kier molecular flexibility index (Phi) is 2.55. The number of hydrogen-bond acceptors (Lipinski definition) is 5. The van der Waals surface area contributed by atoms with Crippen molar-refractivity contribution in [1.82, 2.24) is 4.98 Å². The first kappa shape index (κ1) is 9.74. The third kappa shape index (κ3) is 1.91. The van der Waals surface area contributed by atoms with Crippen molar-refractivity contribution in [2.75, 3.05) is 4.72 Å². The van der Waals surface area contributed by atoms with Crippen molar-refractivity contribution in [3.05, 3.63) is 42.7 Å². The zero-order valence-electron chi connectivity index (χ0n) is 8.21. The molecule has 0 saturated heterocycles. The molecule has 0 aliphatic rings. The van der Waals surface area contributed by atoms with Crippen LogP contribution in [-0.2, 0) is 0 Å². The van der Waals surface area contributed by atoms with Crippen LogP contribution in [0.15, 0.2) is 51.4 Å². The fraction of sp³-hybridized carbons (Fsp3) is 0. The van der Waals surface area contributed by atoms with Crippen LogP contribution in [0.1, 0.15) is 0 Å².